The molecule has 2 nitrogen and oxygen atoms in total. The van der Waals surface area contributed by atoms with Gasteiger partial charge in [-0.25, -0.2) is 0 Å². The molecule has 0 saturated carbocycles. The molecular weight excluding hydrogens is 258 g/mol. The highest BCUT2D eigenvalue weighted by Gasteiger charge is 2.15. The fraction of sp³-hybridized carbons (Fsp3) is 0.300. The molecular formula is C10H9Cl3O2. The van der Waals surface area contributed by atoms with Gasteiger partial charge in [0.15, 0.2) is 5.75 Å². The fourth-order valence-electron chi connectivity index (χ4n) is 0.845. The van der Waals surface area contributed by atoms with Crippen LogP contribution in [0.3, 0.4) is 0 Å². The topological polar surface area (TPSA) is 26.3 Å². The molecule has 0 amide bonds. The molecule has 1 aromatic rings. The third-order valence-electron chi connectivity index (χ3n) is 1.64. The van der Waals surface area contributed by atoms with Crippen molar-refractivity contribution in [3.05, 3.63) is 27.2 Å². The molecule has 0 saturated heterocycles. The molecule has 0 atom stereocenters. The Labute approximate surface area is 103 Å². The van der Waals surface area contributed by atoms with Gasteiger partial charge in [0.1, 0.15) is 0 Å². The van der Waals surface area contributed by atoms with E-state index in [1.54, 1.807) is 13.8 Å². The van der Waals surface area contributed by atoms with E-state index in [2.05, 4.69) is 0 Å². The van der Waals surface area contributed by atoms with Crippen LogP contribution in [0.25, 0.3) is 0 Å². The highest BCUT2D eigenvalue weighted by molar-refractivity contribution is 6.40. The highest BCUT2D eigenvalue weighted by atomic mass is 35.5. The van der Waals surface area contributed by atoms with Crippen molar-refractivity contribution in [1.82, 2.24) is 0 Å². The van der Waals surface area contributed by atoms with Gasteiger partial charge in [0.2, 0.25) is 0 Å². The summed E-state index contributed by atoms with van der Waals surface area (Å²) in [5.41, 5.74) is 0. The minimum atomic E-state index is -0.388. The average Bonchev–Trinajstić information content (AvgIpc) is 2.10. The summed E-state index contributed by atoms with van der Waals surface area (Å²) in [6.45, 7) is 3.44. The van der Waals surface area contributed by atoms with Gasteiger partial charge in [0.05, 0.1) is 16.0 Å². The summed E-state index contributed by atoms with van der Waals surface area (Å²) in [6.07, 6.45) is 0. The molecule has 0 N–H and O–H groups in total. The molecule has 0 spiro atoms. The van der Waals surface area contributed by atoms with E-state index in [-0.39, 0.29) is 27.7 Å². The summed E-state index contributed by atoms with van der Waals surface area (Å²) in [5.74, 6) is -0.477. The summed E-state index contributed by atoms with van der Waals surface area (Å²) in [7, 11) is 0. The number of halogens is 3. The van der Waals surface area contributed by atoms with E-state index in [1.807, 2.05) is 0 Å². The largest absolute Gasteiger partial charge is 0.423 e. The monoisotopic (exact) mass is 266 g/mol. The molecule has 0 bridgehead atoms. The first-order valence-corrected chi connectivity index (χ1v) is 5.41. The third-order valence-corrected chi connectivity index (χ3v) is 2.42. The first-order valence-electron chi connectivity index (χ1n) is 4.28. The van der Waals surface area contributed by atoms with Crippen LogP contribution >= 0.6 is 34.8 Å². The molecule has 82 valence electrons. The maximum atomic E-state index is 11.3. The molecule has 0 heterocycles. The van der Waals surface area contributed by atoms with Crippen molar-refractivity contribution in [1.29, 1.82) is 0 Å². The molecule has 0 radical (unpaired) electrons. The number of hydrogen-bond donors (Lipinski definition) is 0. The molecule has 0 aliphatic rings. The van der Waals surface area contributed by atoms with Crippen LogP contribution in [0.1, 0.15) is 13.8 Å². The number of ether oxygens (including phenoxy) is 1. The Hall–Kier alpha value is -0.440. The molecule has 0 aromatic heterocycles. The standard InChI is InChI=1S/C10H9Cl3O2/c1-5(2)10(14)15-9-7(12)3-6(11)4-8(9)13/h3-5H,1-2H3. The van der Waals surface area contributed by atoms with E-state index in [4.69, 9.17) is 39.5 Å². The lowest BCUT2D eigenvalue weighted by atomic mass is 10.2. The lowest BCUT2D eigenvalue weighted by Gasteiger charge is -2.10. The van der Waals surface area contributed by atoms with Crippen molar-refractivity contribution >= 4 is 40.8 Å². The van der Waals surface area contributed by atoms with Crippen LogP contribution in [0.4, 0.5) is 0 Å². The molecule has 0 aliphatic carbocycles. The van der Waals surface area contributed by atoms with Gasteiger partial charge in [-0.2, -0.15) is 0 Å². The zero-order valence-electron chi connectivity index (χ0n) is 8.18. The van der Waals surface area contributed by atoms with E-state index in [9.17, 15) is 4.79 Å². The first-order chi connectivity index (χ1) is 6.91. The minimum Gasteiger partial charge on any atom is -0.423 e. The Balaban J connectivity index is 3.00. The summed E-state index contributed by atoms with van der Waals surface area (Å²) >= 11 is 17.4. The smallest absolute Gasteiger partial charge is 0.313 e. The quantitative estimate of drug-likeness (QED) is 0.593. The van der Waals surface area contributed by atoms with Crippen LogP contribution in [0.2, 0.25) is 15.1 Å². The van der Waals surface area contributed by atoms with Crippen LogP contribution in [0, 0.1) is 5.92 Å². The molecule has 0 unspecified atom stereocenters. The zero-order chi connectivity index (χ0) is 11.6. The molecule has 0 aliphatic heterocycles. The second-order valence-electron chi connectivity index (χ2n) is 3.27. The molecule has 0 fully saturated rings. The van der Waals surface area contributed by atoms with E-state index in [1.165, 1.54) is 12.1 Å². The summed E-state index contributed by atoms with van der Waals surface area (Å²) < 4.78 is 5.03. The van der Waals surface area contributed by atoms with Crippen LogP contribution in [0.15, 0.2) is 12.1 Å². The van der Waals surface area contributed by atoms with Gasteiger partial charge in [-0.15, -0.1) is 0 Å². The van der Waals surface area contributed by atoms with Gasteiger partial charge >= 0.3 is 5.97 Å². The Kier molecular flexibility index (Phi) is 4.26. The predicted molar refractivity (Wildman–Crippen MR) is 61.9 cm³/mol. The summed E-state index contributed by atoms with van der Waals surface area (Å²) in [4.78, 5) is 11.3. The predicted octanol–water partition coefficient (Wildman–Crippen LogP) is 4.21. The lowest BCUT2D eigenvalue weighted by Crippen LogP contribution is -2.15. The van der Waals surface area contributed by atoms with Crippen LogP contribution < -0.4 is 4.74 Å². The number of rotatable bonds is 2. The van der Waals surface area contributed by atoms with Gasteiger partial charge in [-0.3, -0.25) is 4.79 Å². The van der Waals surface area contributed by atoms with Crippen LogP contribution in [-0.2, 0) is 4.79 Å². The second-order valence-corrected chi connectivity index (χ2v) is 4.53. The number of hydrogen-bond acceptors (Lipinski definition) is 2. The minimum absolute atomic E-state index is 0.154. The Morgan fingerprint density at radius 2 is 1.67 bits per heavy atom. The lowest BCUT2D eigenvalue weighted by molar-refractivity contribution is -0.137. The van der Waals surface area contributed by atoms with E-state index >= 15 is 0 Å². The van der Waals surface area contributed by atoms with Gasteiger partial charge in [-0.05, 0) is 12.1 Å². The van der Waals surface area contributed by atoms with Crippen molar-refractivity contribution in [2.24, 2.45) is 5.92 Å². The Bertz CT molecular complexity index is 365. The molecule has 15 heavy (non-hydrogen) atoms. The maximum Gasteiger partial charge on any atom is 0.313 e. The first kappa shape index (κ1) is 12.6. The van der Waals surface area contributed by atoms with Crippen molar-refractivity contribution in [3.63, 3.8) is 0 Å². The Morgan fingerprint density at radius 3 is 2.07 bits per heavy atom. The third kappa shape index (κ3) is 3.26. The summed E-state index contributed by atoms with van der Waals surface area (Å²) in [6, 6.07) is 2.94. The van der Waals surface area contributed by atoms with Gasteiger partial charge in [0, 0.05) is 5.02 Å². The molecule has 5 heteroatoms. The summed E-state index contributed by atoms with van der Waals surface area (Å²) in [5, 5.41) is 0.845. The van der Waals surface area contributed by atoms with Crippen molar-refractivity contribution in [2.45, 2.75) is 13.8 Å². The highest BCUT2D eigenvalue weighted by Crippen LogP contribution is 2.36. The van der Waals surface area contributed by atoms with Crippen LogP contribution in [-0.4, -0.2) is 5.97 Å². The van der Waals surface area contributed by atoms with Gasteiger partial charge < -0.3 is 4.74 Å². The average molecular weight is 268 g/mol. The molecule has 1 aromatic carbocycles. The van der Waals surface area contributed by atoms with Gasteiger partial charge in [0.25, 0.3) is 0 Å². The number of carbonyl (C=O) groups excluding carboxylic acids is 1. The number of esters is 1. The SMILES string of the molecule is CC(C)C(=O)Oc1c(Cl)cc(Cl)cc1Cl. The second kappa shape index (κ2) is 5.06. The number of carbonyl (C=O) groups is 1. The maximum absolute atomic E-state index is 11.3. The van der Waals surface area contributed by atoms with E-state index < -0.39 is 0 Å². The van der Waals surface area contributed by atoms with E-state index in [0.717, 1.165) is 0 Å². The van der Waals surface area contributed by atoms with Crippen molar-refractivity contribution in [2.75, 3.05) is 0 Å². The van der Waals surface area contributed by atoms with Crippen molar-refractivity contribution < 1.29 is 9.53 Å². The number of benzene rings is 1. The molecule has 1 rings (SSSR count). The van der Waals surface area contributed by atoms with Gasteiger partial charge in [-0.1, -0.05) is 48.7 Å². The van der Waals surface area contributed by atoms with Crippen molar-refractivity contribution in [3.8, 4) is 5.75 Å². The normalized spacial score (nSPS) is 10.5. The zero-order valence-corrected chi connectivity index (χ0v) is 10.5. The van der Waals surface area contributed by atoms with E-state index in [0.29, 0.717) is 5.02 Å². The fourth-order valence-corrected chi connectivity index (χ4v) is 1.74. The Morgan fingerprint density at radius 1 is 1.20 bits per heavy atom. The van der Waals surface area contributed by atoms with Crippen LogP contribution in [0.5, 0.6) is 5.75 Å².